The summed E-state index contributed by atoms with van der Waals surface area (Å²) < 4.78 is 6.72. The summed E-state index contributed by atoms with van der Waals surface area (Å²) in [6, 6.07) is 1.90. The zero-order valence-corrected chi connectivity index (χ0v) is 13.0. The number of nitrogens with zero attached hydrogens (tertiary/aromatic N) is 3. The summed E-state index contributed by atoms with van der Waals surface area (Å²) in [5.41, 5.74) is 1.01. The summed E-state index contributed by atoms with van der Waals surface area (Å²) in [7, 11) is 1.49. The van der Waals surface area contributed by atoms with E-state index < -0.39 is 0 Å². The molecule has 0 spiro atoms. The van der Waals surface area contributed by atoms with Gasteiger partial charge in [0.2, 0.25) is 11.8 Å². The van der Waals surface area contributed by atoms with Crippen LogP contribution in [0.5, 0.6) is 0 Å². The molecule has 3 unspecified atom stereocenters. The maximum Gasteiger partial charge on any atom is 0.246 e. The second-order valence-electron chi connectivity index (χ2n) is 6.20. The van der Waals surface area contributed by atoms with Crippen molar-refractivity contribution < 1.29 is 14.3 Å². The monoisotopic (exact) mass is 306 g/mol. The molecular formula is C15H22N4O3. The number of nitrogens with one attached hydrogen (secondary N) is 1. The molecule has 1 aliphatic carbocycles. The maximum atomic E-state index is 12.5. The van der Waals surface area contributed by atoms with Crippen molar-refractivity contribution in [3.63, 3.8) is 0 Å². The van der Waals surface area contributed by atoms with E-state index in [1.165, 1.54) is 7.11 Å². The van der Waals surface area contributed by atoms with Gasteiger partial charge in [0.15, 0.2) is 0 Å². The van der Waals surface area contributed by atoms with E-state index in [0.29, 0.717) is 25.6 Å². The van der Waals surface area contributed by atoms with Crippen LogP contribution in [0, 0.1) is 11.8 Å². The van der Waals surface area contributed by atoms with Crippen LogP contribution in [0.3, 0.4) is 0 Å². The fraction of sp³-hybridized carbons (Fsp3) is 0.667. The summed E-state index contributed by atoms with van der Waals surface area (Å²) in [6.07, 6.45) is 2.73. The average Bonchev–Trinajstić information content (AvgIpc) is 3.04. The number of rotatable bonds is 5. The number of hydrogen-bond acceptors (Lipinski definition) is 4. The molecule has 3 rings (SSSR count). The number of methoxy groups -OCH3 is 1. The molecule has 7 heteroatoms. The largest absolute Gasteiger partial charge is 0.375 e. The summed E-state index contributed by atoms with van der Waals surface area (Å²) in [5, 5.41) is 7.16. The van der Waals surface area contributed by atoms with E-state index >= 15 is 0 Å². The Morgan fingerprint density at radius 3 is 2.95 bits per heavy atom. The number of carbonyl (C=O) groups is 2. The molecule has 1 aromatic heterocycles. The standard InChI is InChI=1S/C15H22N4O3/c1-10-5-13(10)15(21)18-7-11-3-4-17-19(11)12(8-18)6-16-14(20)9-22-2/h3-4,10,12-13H,5-9H2,1-2H3,(H,16,20). The van der Waals surface area contributed by atoms with Crippen LogP contribution in [-0.4, -0.2) is 53.3 Å². The van der Waals surface area contributed by atoms with E-state index in [1.807, 2.05) is 15.6 Å². The van der Waals surface area contributed by atoms with Gasteiger partial charge in [-0.25, -0.2) is 0 Å². The molecule has 3 atom stereocenters. The zero-order valence-electron chi connectivity index (χ0n) is 13.0. The molecule has 2 amide bonds. The Morgan fingerprint density at radius 1 is 1.50 bits per heavy atom. The molecule has 7 nitrogen and oxygen atoms in total. The number of fused-ring (bicyclic) bond motifs is 1. The second kappa shape index (κ2) is 6.08. The van der Waals surface area contributed by atoms with Crippen molar-refractivity contribution in [2.24, 2.45) is 11.8 Å². The number of aromatic nitrogens is 2. The Morgan fingerprint density at radius 2 is 2.27 bits per heavy atom. The van der Waals surface area contributed by atoms with Crippen molar-refractivity contribution in [1.82, 2.24) is 20.0 Å². The molecule has 22 heavy (non-hydrogen) atoms. The first-order chi connectivity index (χ1) is 10.6. The lowest BCUT2D eigenvalue weighted by atomic mass is 10.1. The van der Waals surface area contributed by atoms with E-state index in [0.717, 1.165) is 12.1 Å². The zero-order chi connectivity index (χ0) is 15.7. The van der Waals surface area contributed by atoms with Crippen LogP contribution in [0.1, 0.15) is 25.1 Å². The molecule has 0 radical (unpaired) electrons. The van der Waals surface area contributed by atoms with Gasteiger partial charge < -0.3 is 15.0 Å². The van der Waals surface area contributed by atoms with Crippen molar-refractivity contribution in [1.29, 1.82) is 0 Å². The van der Waals surface area contributed by atoms with Gasteiger partial charge in [0.05, 0.1) is 18.3 Å². The summed E-state index contributed by atoms with van der Waals surface area (Å²) in [4.78, 5) is 25.9. The molecule has 1 aliphatic heterocycles. The topological polar surface area (TPSA) is 76.5 Å². The summed E-state index contributed by atoms with van der Waals surface area (Å²) in [6.45, 7) is 3.79. The number of carbonyl (C=O) groups excluding carboxylic acids is 2. The van der Waals surface area contributed by atoms with Crippen molar-refractivity contribution in [3.8, 4) is 0 Å². The Kier molecular flexibility index (Phi) is 4.15. The molecule has 0 aromatic carbocycles. The maximum absolute atomic E-state index is 12.5. The van der Waals surface area contributed by atoms with Crippen LogP contribution in [-0.2, 0) is 20.9 Å². The van der Waals surface area contributed by atoms with Crippen LogP contribution in [0.2, 0.25) is 0 Å². The lowest BCUT2D eigenvalue weighted by Crippen LogP contribution is -2.46. The SMILES string of the molecule is COCC(=O)NCC1CN(C(=O)C2CC2C)Cc2ccnn21. The molecular weight excluding hydrogens is 284 g/mol. The number of amides is 2. The molecule has 1 N–H and O–H groups in total. The van der Waals surface area contributed by atoms with Crippen LogP contribution in [0.15, 0.2) is 12.3 Å². The Labute approximate surface area is 129 Å². The smallest absolute Gasteiger partial charge is 0.246 e. The lowest BCUT2D eigenvalue weighted by Gasteiger charge is -2.34. The van der Waals surface area contributed by atoms with Gasteiger partial charge in [0.25, 0.3) is 0 Å². The van der Waals surface area contributed by atoms with Gasteiger partial charge in [-0.1, -0.05) is 6.92 Å². The Balaban J connectivity index is 1.67. The van der Waals surface area contributed by atoms with E-state index in [-0.39, 0.29) is 30.4 Å². The van der Waals surface area contributed by atoms with E-state index in [4.69, 9.17) is 4.74 Å². The third-order valence-corrected chi connectivity index (χ3v) is 4.43. The number of hydrogen-bond donors (Lipinski definition) is 1. The van der Waals surface area contributed by atoms with Gasteiger partial charge in [-0.2, -0.15) is 5.10 Å². The van der Waals surface area contributed by atoms with Crippen LogP contribution >= 0.6 is 0 Å². The highest BCUT2D eigenvalue weighted by molar-refractivity contribution is 5.81. The fourth-order valence-corrected chi connectivity index (χ4v) is 3.02. The first-order valence-electron chi connectivity index (χ1n) is 7.67. The Hall–Kier alpha value is -1.89. The minimum atomic E-state index is -0.157. The van der Waals surface area contributed by atoms with Crippen molar-refractivity contribution >= 4 is 11.8 Å². The molecule has 1 fully saturated rings. The highest BCUT2D eigenvalue weighted by Crippen LogP contribution is 2.40. The third kappa shape index (κ3) is 2.99. The normalized spacial score (nSPS) is 26.5. The lowest BCUT2D eigenvalue weighted by molar-refractivity contribution is -0.135. The molecule has 2 aliphatic rings. The van der Waals surface area contributed by atoms with Crippen molar-refractivity contribution in [2.45, 2.75) is 25.9 Å². The van der Waals surface area contributed by atoms with Gasteiger partial charge in [0.1, 0.15) is 6.61 Å². The van der Waals surface area contributed by atoms with Crippen molar-refractivity contribution in [3.05, 3.63) is 18.0 Å². The fourth-order valence-electron chi connectivity index (χ4n) is 3.02. The van der Waals surface area contributed by atoms with Crippen molar-refractivity contribution in [2.75, 3.05) is 26.8 Å². The third-order valence-electron chi connectivity index (χ3n) is 4.43. The van der Waals surface area contributed by atoms with Gasteiger partial charge in [-0.3, -0.25) is 14.3 Å². The quantitative estimate of drug-likeness (QED) is 0.842. The molecule has 0 bridgehead atoms. The van der Waals surface area contributed by atoms with Crippen LogP contribution in [0.4, 0.5) is 0 Å². The van der Waals surface area contributed by atoms with Gasteiger partial charge in [-0.05, 0) is 18.4 Å². The molecule has 0 saturated heterocycles. The average molecular weight is 306 g/mol. The van der Waals surface area contributed by atoms with Gasteiger partial charge >= 0.3 is 0 Å². The molecule has 2 heterocycles. The number of ether oxygens (including phenoxy) is 1. The predicted octanol–water partition coefficient (Wildman–Crippen LogP) is 0.185. The molecule has 120 valence electrons. The Bertz CT molecular complexity index is 571. The van der Waals surface area contributed by atoms with Crippen LogP contribution < -0.4 is 5.32 Å². The van der Waals surface area contributed by atoms with E-state index in [2.05, 4.69) is 17.3 Å². The van der Waals surface area contributed by atoms with E-state index in [1.54, 1.807) is 6.20 Å². The van der Waals surface area contributed by atoms with Gasteiger partial charge in [-0.15, -0.1) is 0 Å². The van der Waals surface area contributed by atoms with E-state index in [9.17, 15) is 9.59 Å². The minimum Gasteiger partial charge on any atom is -0.375 e. The molecule has 1 saturated carbocycles. The molecule has 1 aromatic rings. The minimum absolute atomic E-state index is 0.0300. The second-order valence-corrected chi connectivity index (χ2v) is 6.20. The highest BCUT2D eigenvalue weighted by Gasteiger charge is 2.43. The summed E-state index contributed by atoms with van der Waals surface area (Å²) in [5.74, 6) is 0.751. The summed E-state index contributed by atoms with van der Waals surface area (Å²) >= 11 is 0. The first kappa shape index (κ1) is 15.0. The first-order valence-corrected chi connectivity index (χ1v) is 7.67. The highest BCUT2D eigenvalue weighted by atomic mass is 16.5. The van der Waals surface area contributed by atoms with Gasteiger partial charge in [0, 0.05) is 32.3 Å². The predicted molar refractivity (Wildman–Crippen MR) is 78.8 cm³/mol. The van der Waals surface area contributed by atoms with Crippen LogP contribution in [0.25, 0.3) is 0 Å².